The van der Waals surface area contributed by atoms with Crippen molar-refractivity contribution in [3.05, 3.63) is 59.7 Å². The Bertz CT molecular complexity index is 871. The second-order valence-electron chi connectivity index (χ2n) is 5.92. The summed E-state index contributed by atoms with van der Waals surface area (Å²) in [5.74, 6) is -0.0716. The number of primary amides is 1. The van der Waals surface area contributed by atoms with Gasteiger partial charge in [-0.15, -0.1) is 5.10 Å². The maximum atomic E-state index is 11.2. The highest BCUT2D eigenvalue weighted by molar-refractivity contribution is 5.93. The van der Waals surface area contributed by atoms with Crippen molar-refractivity contribution < 1.29 is 9.21 Å². The first-order valence-corrected chi connectivity index (χ1v) is 7.76. The first-order chi connectivity index (χ1) is 12.0. The normalized spacial score (nSPS) is 10.8. The van der Waals surface area contributed by atoms with Crippen LogP contribution in [-0.2, 0) is 6.54 Å². The van der Waals surface area contributed by atoms with Crippen LogP contribution in [0.4, 0.5) is 11.7 Å². The van der Waals surface area contributed by atoms with Crippen molar-refractivity contribution in [1.29, 1.82) is 0 Å². The second-order valence-corrected chi connectivity index (χ2v) is 5.92. The number of nitrogens with one attached hydrogen (secondary N) is 1. The molecule has 0 radical (unpaired) electrons. The van der Waals surface area contributed by atoms with Crippen LogP contribution < -0.4 is 11.1 Å². The number of rotatable bonds is 6. The lowest BCUT2D eigenvalue weighted by molar-refractivity contribution is 0.100. The van der Waals surface area contributed by atoms with Gasteiger partial charge in [0.15, 0.2) is 0 Å². The Morgan fingerprint density at radius 1 is 1.16 bits per heavy atom. The fraction of sp³-hybridized carbons (Fsp3) is 0.167. The molecule has 3 N–H and O–H groups in total. The van der Waals surface area contributed by atoms with Gasteiger partial charge in [-0.2, -0.15) is 0 Å². The van der Waals surface area contributed by atoms with Crippen LogP contribution in [0.3, 0.4) is 0 Å². The van der Waals surface area contributed by atoms with Crippen LogP contribution >= 0.6 is 0 Å². The molecule has 0 saturated heterocycles. The number of nitrogens with two attached hydrogens (primary N) is 1. The van der Waals surface area contributed by atoms with Gasteiger partial charge in [0.1, 0.15) is 0 Å². The number of aromatic nitrogens is 2. The minimum Gasteiger partial charge on any atom is -0.403 e. The zero-order valence-corrected chi connectivity index (χ0v) is 14.1. The van der Waals surface area contributed by atoms with E-state index in [0.29, 0.717) is 17.1 Å². The number of anilines is 2. The minimum absolute atomic E-state index is 0.244. The number of benzene rings is 2. The van der Waals surface area contributed by atoms with Crippen molar-refractivity contribution >= 4 is 17.6 Å². The molecular formula is C18H19N5O2. The summed E-state index contributed by atoms with van der Waals surface area (Å²) in [5, 5.41) is 11.0. The average Bonchev–Trinajstić information content (AvgIpc) is 3.03. The van der Waals surface area contributed by atoms with Gasteiger partial charge in [-0.25, -0.2) is 0 Å². The Morgan fingerprint density at radius 3 is 2.60 bits per heavy atom. The summed E-state index contributed by atoms with van der Waals surface area (Å²) in [6.07, 6.45) is 0. The Morgan fingerprint density at radius 2 is 1.92 bits per heavy atom. The fourth-order valence-corrected chi connectivity index (χ4v) is 2.38. The van der Waals surface area contributed by atoms with Gasteiger partial charge in [-0.3, -0.25) is 4.79 Å². The third-order valence-corrected chi connectivity index (χ3v) is 3.52. The van der Waals surface area contributed by atoms with E-state index in [1.165, 1.54) is 5.56 Å². The van der Waals surface area contributed by atoms with E-state index in [9.17, 15) is 4.79 Å². The molecule has 1 amide bonds. The lowest BCUT2D eigenvalue weighted by atomic mass is 10.1. The standard InChI is InChI=1S/C18H19N5O2/c1-23(2)11-12-6-8-13(9-7-12)17-21-22-18(25-17)20-15-5-3-4-14(10-15)16(19)24/h3-10H,11H2,1-2H3,(H2,19,24)(H,20,22). The Balaban J connectivity index is 1.74. The molecule has 0 aliphatic carbocycles. The van der Waals surface area contributed by atoms with Gasteiger partial charge < -0.3 is 20.4 Å². The molecule has 0 bridgehead atoms. The number of amides is 1. The highest BCUT2D eigenvalue weighted by atomic mass is 16.4. The van der Waals surface area contributed by atoms with Crippen LogP contribution in [0.1, 0.15) is 15.9 Å². The first-order valence-electron chi connectivity index (χ1n) is 7.76. The number of hydrogen-bond donors (Lipinski definition) is 2. The van der Waals surface area contributed by atoms with Gasteiger partial charge in [0.05, 0.1) is 0 Å². The largest absolute Gasteiger partial charge is 0.403 e. The SMILES string of the molecule is CN(C)Cc1ccc(-c2nnc(Nc3cccc(C(N)=O)c3)o2)cc1. The van der Waals surface area contributed by atoms with Crippen LogP contribution in [-0.4, -0.2) is 35.1 Å². The molecular weight excluding hydrogens is 318 g/mol. The molecule has 1 heterocycles. The molecule has 0 saturated carbocycles. The summed E-state index contributed by atoms with van der Waals surface area (Å²) < 4.78 is 5.64. The molecule has 7 heteroatoms. The molecule has 25 heavy (non-hydrogen) atoms. The molecule has 0 aliphatic heterocycles. The number of carbonyl (C=O) groups excluding carboxylic acids is 1. The van der Waals surface area contributed by atoms with E-state index in [2.05, 4.69) is 20.4 Å². The van der Waals surface area contributed by atoms with Gasteiger partial charge in [-0.1, -0.05) is 23.3 Å². The smallest absolute Gasteiger partial charge is 0.320 e. The van der Waals surface area contributed by atoms with Gasteiger partial charge in [0.25, 0.3) is 0 Å². The highest BCUT2D eigenvalue weighted by Crippen LogP contribution is 2.23. The van der Waals surface area contributed by atoms with E-state index in [4.69, 9.17) is 10.2 Å². The summed E-state index contributed by atoms with van der Waals surface area (Å²) in [4.78, 5) is 13.3. The van der Waals surface area contributed by atoms with Crippen LogP contribution in [0.2, 0.25) is 0 Å². The third-order valence-electron chi connectivity index (χ3n) is 3.52. The zero-order valence-electron chi connectivity index (χ0n) is 14.1. The van der Waals surface area contributed by atoms with Crippen molar-refractivity contribution in [1.82, 2.24) is 15.1 Å². The average molecular weight is 337 g/mol. The Kier molecular flexibility index (Phi) is 4.76. The van der Waals surface area contributed by atoms with E-state index in [1.54, 1.807) is 24.3 Å². The topological polar surface area (TPSA) is 97.3 Å². The molecule has 0 fully saturated rings. The monoisotopic (exact) mass is 337 g/mol. The molecule has 2 aromatic carbocycles. The zero-order chi connectivity index (χ0) is 17.8. The maximum Gasteiger partial charge on any atom is 0.320 e. The Hall–Kier alpha value is -3.19. The fourth-order valence-electron chi connectivity index (χ4n) is 2.38. The quantitative estimate of drug-likeness (QED) is 0.718. The number of carbonyl (C=O) groups is 1. The Labute approximate surface area is 145 Å². The predicted molar refractivity (Wildman–Crippen MR) is 95.4 cm³/mol. The summed E-state index contributed by atoms with van der Waals surface area (Å²) in [6, 6.07) is 15.0. The second kappa shape index (κ2) is 7.14. The molecule has 0 atom stereocenters. The van der Waals surface area contributed by atoms with Crippen molar-refractivity contribution in [3.8, 4) is 11.5 Å². The van der Waals surface area contributed by atoms with E-state index < -0.39 is 5.91 Å². The maximum absolute atomic E-state index is 11.2. The lowest BCUT2D eigenvalue weighted by Gasteiger charge is -2.09. The minimum atomic E-state index is -0.493. The molecule has 7 nitrogen and oxygen atoms in total. The van der Waals surface area contributed by atoms with Gasteiger partial charge in [-0.05, 0) is 50.0 Å². The molecule has 0 spiro atoms. The van der Waals surface area contributed by atoms with E-state index >= 15 is 0 Å². The molecule has 128 valence electrons. The first kappa shape index (κ1) is 16.7. The van der Waals surface area contributed by atoms with E-state index in [-0.39, 0.29) is 6.01 Å². The summed E-state index contributed by atoms with van der Waals surface area (Å²) in [5.41, 5.74) is 8.37. The van der Waals surface area contributed by atoms with Crippen molar-refractivity contribution in [2.24, 2.45) is 5.73 Å². The van der Waals surface area contributed by atoms with Crippen LogP contribution in [0, 0.1) is 0 Å². The summed E-state index contributed by atoms with van der Waals surface area (Å²) in [7, 11) is 4.05. The van der Waals surface area contributed by atoms with Crippen LogP contribution in [0.15, 0.2) is 52.9 Å². The van der Waals surface area contributed by atoms with Crippen LogP contribution in [0.25, 0.3) is 11.5 Å². The summed E-state index contributed by atoms with van der Waals surface area (Å²) >= 11 is 0. The van der Waals surface area contributed by atoms with E-state index in [0.717, 1.165) is 12.1 Å². The molecule has 0 aliphatic rings. The predicted octanol–water partition coefficient (Wildman–Crippen LogP) is 2.64. The van der Waals surface area contributed by atoms with Gasteiger partial charge in [0, 0.05) is 23.4 Å². The lowest BCUT2D eigenvalue weighted by Crippen LogP contribution is -2.10. The van der Waals surface area contributed by atoms with Crippen LogP contribution in [0.5, 0.6) is 0 Å². The summed E-state index contributed by atoms with van der Waals surface area (Å²) in [6.45, 7) is 0.868. The highest BCUT2D eigenvalue weighted by Gasteiger charge is 2.10. The van der Waals surface area contributed by atoms with Crippen molar-refractivity contribution in [2.75, 3.05) is 19.4 Å². The van der Waals surface area contributed by atoms with E-state index in [1.807, 2.05) is 38.4 Å². The molecule has 1 aromatic heterocycles. The van der Waals surface area contributed by atoms with Gasteiger partial charge >= 0.3 is 6.01 Å². The van der Waals surface area contributed by atoms with Crippen molar-refractivity contribution in [3.63, 3.8) is 0 Å². The van der Waals surface area contributed by atoms with Crippen molar-refractivity contribution in [2.45, 2.75) is 6.54 Å². The number of hydrogen-bond acceptors (Lipinski definition) is 6. The number of nitrogens with zero attached hydrogens (tertiary/aromatic N) is 3. The molecule has 3 rings (SSSR count). The molecule has 0 unspecified atom stereocenters. The third kappa shape index (κ3) is 4.21. The van der Waals surface area contributed by atoms with Gasteiger partial charge in [0.2, 0.25) is 11.8 Å². The molecule has 3 aromatic rings.